The second-order valence-corrected chi connectivity index (χ2v) is 8.00. The van der Waals surface area contributed by atoms with Crippen LogP contribution in [0.5, 0.6) is 0 Å². The lowest BCUT2D eigenvalue weighted by Crippen LogP contribution is -2.60. The molecule has 0 spiro atoms. The maximum Gasteiger partial charge on any atom is 0.230 e. The maximum atomic E-state index is 13.2. The molecule has 2 aromatic rings. The molecule has 24 heavy (non-hydrogen) atoms. The van der Waals surface area contributed by atoms with E-state index >= 15 is 0 Å². The Kier molecular flexibility index (Phi) is 2.87. The van der Waals surface area contributed by atoms with Crippen LogP contribution in [0.3, 0.4) is 0 Å². The van der Waals surface area contributed by atoms with Crippen molar-refractivity contribution in [2.24, 2.45) is 17.3 Å². The third-order valence-corrected chi connectivity index (χ3v) is 6.35. The summed E-state index contributed by atoms with van der Waals surface area (Å²) in [7, 11) is 0. The van der Waals surface area contributed by atoms with Gasteiger partial charge in [0.15, 0.2) is 0 Å². The first-order valence-corrected chi connectivity index (χ1v) is 8.74. The van der Waals surface area contributed by atoms with Crippen molar-refractivity contribution in [3.63, 3.8) is 0 Å². The van der Waals surface area contributed by atoms with Gasteiger partial charge in [0.25, 0.3) is 0 Å². The minimum absolute atomic E-state index is 0.0177. The molecule has 0 saturated heterocycles. The fraction of sp³-hybridized carbons (Fsp3) is 0.556. The van der Waals surface area contributed by atoms with Crippen LogP contribution in [0.2, 0.25) is 0 Å². The highest BCUT2D eigenvalue weighted by molar-refractivity contribution is 5.95. The van der Waals surface area contributed by atoms with E-state index in [9.17, 15) is 4.79 Å². The second-order valence-electron chi connectivity index (χ2n) is 8.00. The van der Waals surface area contributed by atoms with Gasteiger partial charge < -0.3 is 5.32 Å². The van der Waals surface area contributed by atoms with Gasteiger partial charge in [-0.15, -0.1) is 0 Å². The van der Waals surface area contributed by atoms with Crippen LogP contribution in [0.15, 0.2) is 37.2 Å². The SMILES string of the molecule is O=C(Nc1ccncc1)C12CC3CC(C1)CC(n1cncn1)(C3)C2. The summed E-state index contributed by atoms with van der Waals surface area (Å²) in [6.45, 7) is 0. The molecule has 4 aliphatic rings. The Morgan fingerprint density at radius 3 is 2.54 bits per heavy atom. The summed E-state index contributed by atoms with van der Waals surface area (Å²) in [6.07, 6.45) is 13.3. The highest BCUT2D eigenvalue weighted by Crippen LogP contribution is 2.64. The quantitative estimate of drug-likeness (QED) is 0.942. The van der Waals surface area contributed by atoms with Crippen molar-refractivity contribution in [2.75, 3.05) is 5.32 Å². The molecule has 4 aliphatic carbocycles. The smallest absolute Gasteiger partial charge is 0.230 e. The minimum atomic E-state index is -0.265. The van der Waals surface area contributed by atoms with E-state index in [-0.39, 0.29) is 16.9 Å². The van der Waals surface area contributed by atoms with Crippen LogP contribution in [0.25, 0.3) is 0 Å². The molecule has 0 aliphatic heterocycles. The van der Waals surface area contributed by atoms with Gasteiger partial charge in [-0.25, -0.2) is 9.67 Å². The number of carbonyl (C=O) groups excluding carboxylic acids is 1. The predicted octanol–water partition coefficient (Wildman–Crippen LogP) is 2.61. The average Bonchev–Trinajstić information content (AvgIpc) is 3.10. The Morgan fingerprint density at radius 1 is 1.12 bits per heavy atom. The number of carbonyl (C=O) groups is 1. The third kappa shape index (κ3) is 2.01. The maximum absolute atomic E-state index is 13.2. The molecular weight excluding hydrogens is 302 g/mol. The van der Waals surface area contributed by atoms with E-state index in [2.05, 4.69) is 20.4 Å². The van der Waals surface area contributed by atoms with E-state index in [1.165, 1.54) is 6.42 Å². The standard InChI is InChI=1S/C18H21N5O/c24-16(22-15-1-3-19-4-2-15)17-6-13-5-14(7-17)9-18(8-13,10-17)23-12-20-11-21-23/h1-4,11-14H,5-10H2,(H,19,22,24). The highest BCUT2D eigenvalue weighted by atomic mass is 16.2. The molecule has 4 saturated carbocycles. The molecule has 6 heteroatoms. The monoisotopic (exact) mass is 323 g/mol. The second kappa shape index (κ2) is 4.88. The number of anilines is 1. The van der Waals surface area contributed by atoms with E-state index in [0.717, 1.165) is 37.8 Å². The lowest BCUT2D eigenvalue weighted by atomic mass is 9.46. The van der Waals surface area contributed by atoms with E-state index in [1.807, 2.05) is 23.1 Å². The summed E-state index contributed by atoms with van der Waals surface area (Å²) in [4.78, 5) is 21.4. The summed E-state index contributed by atoms with van der Waals surface area (Å²) in [6, 6.07) is 3.71. The first-order chi connectivity index (χ1) is 11.7. The predicted molar refractivity (Wildman–Crippen MR) is 88.0 cm³/mol. The molecule has 0 aromatic carbocycles. The van der Waals surface area contributed by atoms with Crippen molar-refractivity contribution in [1.29, 1.82) is 0 Å². The molecule has 1 N–H and O–H groups in total. The Bertz CT molecular complexity index is 743. The summed E-state index contributed by atoms with van der Waals surface area (Å²) < 4.78 is 2.04. The largest absolute Gasteiger partial charge is 0.325 e. The minimum Gasteiger partial charge on any atom is -0.325 e. The lowest BCUT2D eigenvalue weighted by molar-refractivity contribution is -0.150. The zero-order chi connectivity index (χ0) is 16.2. The van der Waals surface area contributed by atoms with Crippen molar-refractivity contribution >= 4 is 11.6 Å². The Morgan fingerprint density at radius 2 is 1.88 bits per heavy atom. The van der Waals surface area contributed by atoms with Gasteiger partial charge in [-0.1, -0.05) is 0 Å². The first-order valence-electron chi connectivity index (χ1n) is 8.74. The van der Waals surface area contributed by atoms with Gasteiger partial charge >= 0.3 is 0 Å². The fourth-order valence-corrected chi connectivity index (χ4v) is 5.90. The Balaban J connectivity index is 1.48. The van der Waals surface area contributed by atoms with E-state index in [4.69, 9.17) is 0 Å². The Labute approximate surface area is 140 Å². The van der Waals surface area contributed by atoms with E-state index in [1.54, 1.807) is 18.7 Å². The molecule has 2 heterocycles. The van der Waals surface area contributed by atoms with E-state index in [0.29, 0.717) is 11.8 Å². The molecule has 1 amide bonds. The number of nitrogens with zero attached hydrogens (tertiary/aromatic N) is 4. The number of hydrogen-bond acceptors (Lipinski definition) is 4. The van der Waals surface area contributed by atoms with Gasteiger partial charge in [0.2, 0.25) is 5.91 Å². The number of nitrogens with one attached hydrogen (secondary N) is 1. The van der Waals surface area contributed by atoms with Gasteiger partial charge in [-0.05, 0) is 62.5 Å². The van der Waals surface area contributed by atoms with Gasteiger partial charge in [-0.3, -0.25) is 9.78 Å². The summed E-state index contributed by atoms with van der Waals surface area (Å²) >= 11 is 0. The summed E-state index contributed by atoms with van der Waals surface area (Å²) in [5.41, 5.74) is 0.552. The molecule has 6 rings (SSSR count). The number of hydrogen-bond donors (Lipinski definition) is 1. The number of rotatable bonds is 3. The van der Waals surface area contributed by atoms with Gasteiger partial charge in [0.05, 0.1) is 11.0 Å². The van der Waals surface area contributed by atoms with Crippen LogP contribution in [0, 0.1) is 17.3 Å². The number of pyridine rings is 1. The van der Waals surface area contributed by atoms with Crippen molar-refractivity contribution in [3.8, 4) is 0 Å². The molecular formula is C18H21N5O. The average molecular weight is 323 g/mol. The van der Waals surface area contributed by atoms with Crippen molar-refractivity contribution in [1.82, 2.24) is 19.7 Å². The first kappa shape index (κ1) is 14.1. The van der Waals surface area contributed by atoms with Crippen molar-refractivity contribution in [3.05, 3.63) is 37.2 Å². The van der Waals surface area contributed by atoms with Gasteiger partial charge in [-0.2, -0.15) is 5.10 Å². The lowest BCUT2D eigenvalue weighted by Gasteiger charge is -2.60. The third-order valence-electron chi connectivity index (χ3n) is 6.35. The van der Waals surface area contributed by atoms with Crippen LogP contribution in [-0.4, -0.2) is 25.7 Å². The van der Waals surface area contributed by atoms with E-state index < -0.39 is 0 Å². The van der Waals surface area contributed by atoms with Crippen LogP contribution < -0.4 is 5.32 Å². The molecule has 2 atom stereocenters. The number of amides is 1. The molecule has 4 fully saturated rings. The molecule has 2 aromatic heterocycles. The molecule has 124 valence electrons. The van der Waals surface area contributed by atoms with Gasteiger partial charge in [0.1, 0.15) is 12.7 Å². The fourth-order valence-electron chi connectivity index (χ4n) is 5.90. The van der Waals surface area contributed by atoms with Crippen LogP contribution >= 0.6 is 0 Å². The van der Waals surface area contributed by atoms with Crippen LogP contribution in [0.4, 0.5) is 5.69 Å². The topological polar surface area (TPSA) is 72.7 Å². The summed E-state index contributed by atoms with van der Waals surface area (Å²) in [5.74, 6) is 1.42. The van der Waals surface area contributed by atoms with Crippen molar-refractivity contribution in [2.45, 2.75) is 44.1 Å². The van der Waals surface area contributed by atoms with Crippen LogP contribution in [-0.2, 0) is 10.3 Å². The normalized spacial score (nSPS) is 36.7. The highest BCUT2D eigenvalue weighted by Gasteiger charge is 2.61. The molecule has 4 bridgehead atoms. The van der Waals surface area contributed by atoms with Gasteiger partial charge in [0, 0.05) is 18.1 Å². The zero-order valence-electron chi connectivity index (χ0n) is 13.6. The number of aromatic nitrogens is 4. The molecule has 0 radical (unpaired) electrons. The summed E-state index contributed by atoms with van der Waals surface area (Å²) in [5, 5.41) is 7.58. The Hall–Kier alpha value is -2.24. The zero-order valence-corrected chi connectivity index (χ0v) is 13.6. The molecule has 6 nitrogen and oxygen atoms in total. The van der Waals surface area contributed by atoms with Crippen molar-refractivity contribution < 1.29 is 4.79 Å². The molecule has 2 unspecified atom stereocenters. The van der Waals surface area contributed by atoms with Crippen LogP contribution in [0.1, 0.15) is 38.5 Å².